The summed E-state index contributed by atoms with van der Waals surface area (Å²) in [6.07, 6.45) is 6.90. The van der Waals surface area contributed by atoms with E-state index in [1.807, 2.05) is 24.3 Å². The highest BCUT2D eigenvalue weighted by Gasteiger charge is 2.24. The van der Waals surface area contributed by atoms with E-state index in [4.69, 9.17) is 11.6 Å². The summed E-state index contributed by atoms with van der Waals surface area (Å²) in [7, 11) is 0. The van der Waals surface area contributed by atoms with E-state index in [-0.39, 0.29) is 23.8 Å². The van der Waals surface area contributed by atoms with Crippen LogP contribution in [0.3, 0.4) is 0 Å². The van der Waals surface area contributed by atoms with Gasteiger partial charge in [-0.15, -0.1) is 0 Å². The molecule has 1 aliphatic rings. The summed E-state index contributed by atoms with van der Waals surface area (Å²) in [5.74, 6) is -0.0320. The van der Waals surface area contributed by atoms with Crippen LogP contribution in [0, 0.1) is 5.92 Å². The average Bonchev–Trinajstić information content (AvgIpc) is 2.79. The normalized spacial score (nSPS) is 15.7. The van der Waals surface area contributed by atoms with Gasteiger partial charge < -0.3 is 10.4 Å². The maximum Gasteiger partial charge on any atom is 0.260 e. The number of pyridine rings is 1. The zero-order chi connectivity index (χ0) is 21.8. The monoisotopic (exact) mass is 438 g/mol. The lowest BCUT2D eigenvalue weighted by atomic mass is 9.88. The maximum atomic E-state index is 13.1. The number of nitrogens with one attached hydrogen (secondary N) is 1. The van der Waals surface area contributed by atoms with Gasteiger partial charge in [0.1, 0.15) is 6.23 Å². The summed E-state index contributed by atoms with van der Waals surface area (Å²) < 4.78 is 1.43. The van der Waals surface area contributed by atoms with Crippen molar-refractivity contribution in [3.8, 4) is 0 Å². The molecule has 1 saturated carbocycles. The van der Waals surface area contributed by atoms with Gasteiger partial charge in [-0.2, -0.15) is 0 Å². The van der Waals surface area contributed by atoms with Gasteiger partial charge in [-0.05, 0) is 49.1 Å². The smallest absolute Gasteiger partial charge is 0.260 e. The molecule has 0 bridgehead atoms. The first-order valence-electron chi connectivity index (χ1n) is 10.9. The summed E-state index contributed by atoms with van der Waals surface area (Å²) in [5.41, 5.74) is 1.29. The van der Waals surface area contributed by atoms with Gasteiger partial charge in [0.15, 0.2) is 0 Å². The van der Waals surface area contributed by atoms with Gasteiger partial charge in [-0.1, -0.05) is 55.1 Å². The minimum absolute atomic E-state index is 0.108. The molecular formula is C25H27ClN2O3. The molecule has 0 saturated heterocycles. The Morgan fingerprint density at radius 2 is 1.84 bits per heavy atom. The second kappa shape index (κ2) is 9.67. The maximum absolute atomic E-state index is 13.1. The van der Waals surface area contributed by atoms with Gasteiger partial charge in [0.05, 0.1) is 0 Å². The van der Waals surface area contributed by atoms with Crippen LogP contribution in [0.5, 0.6) is 0 Å². The van der Waals surface area contributed by atoms with E-state index >= 15 is 0 Å². The van der Waals surface area contributed by atoms with Crippen LogP contribution < -0.4 is 10.9 Å². The number of aryl methyl sites for hydroxylation is 1. The number of aliphatic hydroxyl groups is 1. The third-order valence-electron chi connectivity index (χ3n) is 6.18. The zero-order valence-electron chi connectivity index (χ0n) is 17.4. The van der Waals surface area contributed by atoms with Crippen LogP contribution in [-0.2, 0) is 11.2 Å². The first-order chi connectivity index (χ1) is 15.0. The molecule has 1 atom stereocenters. The van der Waals surface area contributed by atoms with E-state index in [2.05, 4.69) is 5.32 Å². The molecule has 1 aromatic heterocycles. The molecule has 1 amide bonds. The van der Waals surface area contributed by atoms with Crippen LogP contribution in [0.2, 0.25) is 5.02 Å². The molecule has 2 aromatic carbocycles. The minimum atomic E-state index is -0.814. The van der Waals surface area contributed by atoms with E-state index in [0.29, 0.717) is 27.9 Å². The van der Waals surface area contributed by atoms with Crippen molar-refractivity contribution in [3.63, 3.8) is 0 Å². The second-order valence-corrected chi connectivity index (χ2v) is 8.65. The van der Waals surface area contributed by atoms with Gasteiger partial charge in [-0.25, -0.2) is 0 Å². The molecule has 1 fully saturated rings. The SMILES string of the molecule is O=C(CCc1ccccc1Cl)Nc1cccc2c(=O)n(C(O)C3CCCCC3)ccc12. The zero-order valence-corrected chi connectivity index (χ0v) is 18.1. The summed E-state index contributed by atoms with van der Waals surface area (Å²) in [5, 5.41) is 15.5. The third kappa shape index (κ3) is 4.83. The minimum Gasteiger partial charge on any atom is -0.373 e. The highest BCUT2D eigenvalue weighted by molar-refractivity contribution is 6.31. The van der Waals surface area contributed by atoms with Gasteiger partial charge in [0.25, 0.3) is 5.56 Å². The number of rotatable bonds is 6. The van der Waals surface area contributed by atoms with Crippen LogP contribution >= 0.6 is 11.6 Å². The number of anilines is 1. The standard InChI is InChI=1S/C25H27ClN2O3/c26-21-11-5-4-7-17(21)13-14-23(29)27-22-12-6-10-20-19(22)15-16-28(25(20)31)24(30)18-8-2-1-3-9-18/h4-7,10-12,15-16,18,24,30H,1-3,8-9,13-14H2,(H,27,29). The summed E-state index contributed by atoms with van der Waals surface area (Å²) in [6.45, 7) is 0. The number of amides is 1. The number of hydrogen-bond donors (Lipinski definition) is 2. The van der Waals surface area contributed by atoms with Crippen molar-refractivity contribution in [1.29, 1.82) is 0 Å². The molecule has 4 rings (SSSR count). The number of carbonyl (C=O) groups is 1. The van der Waals surface area contributed by atoms with Crippen LogP contribution in [0.25, 0.3) is 10.8 Å². The molecule has 6 heteroatoms. The Bertz CT molecular complexity index is 1140. The highest BCUT2D eigenvalue weighted by atomic mass is 35.5. The van der Waals surface area contributed by atoms with Gasteiger partial charge in [0.2, 0.25) is 5.91 Å². The second-order valence-electron chi connectivity index (χ2n) is 8.25. The Morgan fingerprint density at radius 1 is 1.06 bits per heavy atom. The van der Waals surface area contributed by atoms with Crippen molar-refractivity contribution in [2.45, 2.75) is 51.2 Å². The molecule has 1 unspecified atom stereocenters. The Labute approximate surface area is 186 Å². The molecule has 0 aliphatic heterocycles. The molecule has 1 heterocycles. The van der Waals surface area contributed by atoms with Crippen LogP contribution in [0.1, 0.15) is 50.3 Å². The van der Waals surface area contributed by atoms with Crippen molar-refractivity contribution >= 4 is 34.0 Å². The van der Waals surface area contributed by atoms with E-state index < -0.39 is 6.23 Å². The fraction of sp³-hybridized carbons (Fsp3) is 0.360. The van der Waals surface area contributed by atoms with E-state index in [1.165, 1.54) is 11.0 Å². The fourth-order valence-electron chi connectivity index (χ4n) is 4.43. The Balaban J connectivity index is 1.52. The molecule has 3 aromatic rings. The third-order valence-corrected chi connectivity index (χ3v) is 6.55. The number of aliphatic hydroxyl groups excluding tert-OH is 1. The van der Waals surface area contributed by atoms with Gasteiger partial charge >= 0.3 is 0 Å². The van der Waals surface area contributed by atoms with Crippen molar-refractivity contribution in [3.05, 3.63) is 75.7 Å². The van der Waals surface area contributed by atoms with Crippen molar-refractivity contribution < 1.29 is 9.90 Å². The summed E-state index contributed by atoms with van der Waals surface area (Å²) >= 11 is 6.17. The quantitative estimate of drug-likeness (QED) is 0.548. The average molecular weight is 439 g/mol. The van der Waals surface area contributed by atoms with Crippen LogP contribution in [-0.4, -0.2) is 15.6 Å². The number of hydrogen-bond acceptors (Lipinski definition) is 3. The first kappa shape index (κ1) is 21.6. The highest BCUT2D eigenvalue weighted by Crippen LogP contribution is 2.31. The van der Waals surface area contributed by atoms with Crippen molar-refractivity contribution in [1.82, 2.24) is 4.57 Å². The predicted molar refractivity (Wildman–Crippen MR) is 124 cm³/mol. The number of fused-ring (bicyclic) bond motifs is 1. The number of benzene rings is 2. The Hall–Kier alpha value is -2.63. The fourth-order valence-corrected chi connectivity index (χ4v) is 4.66. The Morgan fingerprint density at radius 3 is 2.61 bits per heavy atom. The Kier molecular flexibility index (Phi) is 6.73. The first-order valence-corrected chi connectivity index (χ1v) is 11.3. The number of halogens is 1. The van der Waals surface area contributed by atoms with E-state index in [9.17, 15) is 14.7 Å². The predicted octanol–water partition coefficient (Wildman–Crippen LogP) is 5.30. The number of carbonyl (C=O) groups excluding carboxylic acids is 1. The molecule has 1 aliphatic carbocycles. The lowest BCUT2D eigenvalue weighted by Gasteiger charge is -2.28. The van der Waals surface area contributed by atoms with E-state index in [0.717, 1.165) is 31.2 Å². The van der Waals surface area contributed by atoms with E-state index in [1.54, 1.807) is 30.5 Å². The van der Waals surface area contributed by atoms with Crippen molar-refractivity contribution in [2.75, 3.05) is 5.32 Å². The summed E-state index contributed by atoms with van der Waals surface area (Å²) in [6, 6.07) is 14.6. The van der Waals surface area contributed by atoms with Crippen LogP contribution in [0.15, 0.2) is 59.5 Å². The van der Waals surface area contributed by atoms with Crippen LogP contribution in [0.4, 0.5) is 5.69 Å². The number of aromatic nitrogens is 1. The molecule has 2 N–H and O–H groups in total. The molecule has 0 spiro atoms. The molecule has 162 valence electrons. The largest absolute Gasteiger partial charge is 0.373 e. The lowest BCUT2D eigenvalue weighted by Crippen LogP contribution is -2.30. The molecule has 31 heavy (non-hydrogen) atoms. The lowest BCUT2D eigenvalue weighted by molar-refractivity contribution is -0.116. The molecule has 0 radical (unpaired) electrons. The van der Waals surface area contributed by atoms with Gasteiger partial charge in [-0.3, -0.25) is 14.2 Å². The summed E-state index contributed by atoms with van der Waals surface area (Å²) in [4.78, 5) is 25.6. The topological polar surface area (TPSA) is 71.3 Å². The molecular weight excluding hydrogens is 412 g/mol. The van der Waals surface area contributed by atoms with Gasteiger partial charge in [0, 0.05) is 40.0 Å². The number of nitrogens with zero attached hydrogens (tertiary/aromatic N) is 1. The van der Waals surface area contributed by atoms with Crippen molar-refractivity contribution in [2.24, 2.45) is 5.92 Å². The molecule has 5 nitrogen and oxygen atoms in total.